The number of sulfonamides is 1. The summed E-state index contributed by atoms with van der Waals surface area (Å²) in [6, 6.07) is 12.4. The van der Waals surface area contributed by atoms with Gasteiger partial charge in [-0.25, -0.2) is 8.42 Å². The van der Waals surface area contributed by atoms with Gasteiger partial charge >= 0.3 is 0 Å². The number of carbonyl (C=O) groups is 1. The molecule has 2 aliphatic rings. The van der Waals surface area contributed by atoms with Crippen molar-refractivity contribution in [2.45, 2.75) is 24.7 Å². The maximum atomic E-state index is 13.1. The zero-order chi connectivity index (χ0) is 22.6. The fraction of sp³-hybridized carbons (Fsp3) is 0.435. The molecule has 0 radical (unpaired) electrons. The van der Waals surface area contributed by atoms with E-state index in [4.69, 9.17) is 9.47 Å². The Kier molecular flexibility index (Phi) is 8.58. The van der Waals surface area contributed by atoms with Crippen LogP contribution in [0.15, 0.2) is 47.4 Å². The molecule has 2 saturated heterocycles. The van der Waals surface area contributed by atoms with E-state index >= 15 is 0 Å². The van der Waals surface area contributed by atoms with Crippen LogP contribution in [0.1, 0.15) is 18.4 Å². The fourth-order valence-corrected chi connectivity index (χ4v) is 5.35. The van der Waals surface area contributed by atoms with E-state index in [1.807, 2.05) is 31.2 Å². The lowest BCUT2D eigenvalue weighted by Crippen LogP contribution is -3.00. The first-order valence-electron chi connectivity index (χ1n) is 10.9. The Hall–Kier alpha value is -2.33. The van der Waals surface area contributed by atoms with Crippen LogP contribution in [-0.4, -0.2) is 64.6 Å². The predicted molar refractivity (Wildman–Crippen MR) is 123 cm³/mol. The first-order chi connectivity index (χ1) is 15.4. The van der Waals surface area contributed by atoms with Crippen molar-refractivity contribution in [2.24, 2.45) is 0 Å². The number of nitrogens with zero attached hydrogens (tertiary/aromatic N) is 2. The molecule has 2 heterocycles. The highest BCUT2D eigenvalue weighted by Crippen LogP contribution is 2.32. The molecule has 0 atom stereocenters. The normalized spacial score (nSPS) is 16.8. The van der Waals surface area contributed by atoms with Crippen LogP contribution in [0.3, 0.4) is 0 Å². The molecule has 8 nitrogen and oxygen atoms in total. The van der Waals surface area contributed by atoms with Crippen LogP contribution in [0.4, 0.5) is 11.4 Å². The number of rotatable bonds is 7. The highest BCUT2D eigenvalue weighted by Gasteiger charge is 2.28. The Labute approximate surface area is 201 Å². The Morgan fingerprint density at radius 3 is 2.36 bits per heavy atom. The molecule has 0 aliphatic carbocycles. The molecule has 33 heavy (non-hydrogen) atoms. The Morgan fingerprint density at radius 2 is 1.70 bits per heavy atom. The van der Waals surface area contributed by atoms with Crippen LogP contribution < -0.4 is 27.4 Å². The van der Waals surface area contributed by atoms with Crippen LogP contribution in [-0.2, 0) is 19.6 Å². The molecule has 2 aromatic rings. The maximum absolute atomic E-state index is 13.1. The smallest absolute Gasteiger partial charge is 0.262 e. The molecule has 1 N–H and O–H groups in total. The monoisotopic (exact) mass is 494 g/mol. The van der Waals surface area contributed by atoms with Gasteiger partial charge in [0.15, 0.2) is 6.61 Å². The van der Waals surface area contributed by atoms with Crippen molar-refractivity contribution in [3.05, 3.63) is 48.0 Å². The molecule has 0 saturated carbocycles. The summed E-state index contributed by atoms with van der Waals surface area (Å²) in [6.07, 6.45) is 2.13. The number of halogens is 1. The van der Waals surface area contributed by atoms with Gasteiger partial charge in [-0.1, -0.05) is 17.7 Å². The summed E-state index contributed by atoms with van der Waals surface area (Å²) in [5, 5.41) is 2.87. The van der Waals surface area contributed by atoms with Crippen LogP contribution >= 0.6 is 0 Å². The third kappa shape index (κ3) is 6.17. The Morgan fingerprint density at radius 1 is 1.03 bits per heavy atom. The van der Waals surface area contributed by atoms with Crippen molar-refractivity contribution in [2.75, 3.05) is 56.2 Å². The number of benzene rings is 2. The van der Waals surface area contributed by atoms with Gasteiger partial charge < -0.3 is 32.1 Å². The molecule has 0 bridgehead atoms. The summed E-state index contributed by atoms with van der Waals surface area (Å²) in [5.41, 5.74) is 2.42. The quantitative estimate of drug-likeness (QED) is 0.565. The third-order valence-electron chi connectivity index (χ3n) is 5.69. The number of hydrogen-bond donors (Lipinski definition) is 1. The number of ether oxygens (including phenoxy) is 2. The third-order valence-corrected chi connectivity index (χ3v) is 7.58. The Bertz CT molecular complexity index is 1050. The number of nitrogens with one attached hydrogen (secondary N) is 1. The van der Waals surface area contributed by atoms with Gasteiger partial charge in [0.05, 0.1) is 29.5 Å². The summed E-state index contributed by atoms with van der Waals surface area (Å²) in [7, 11) is -3.67. The molecule has 2 aliphatic heterocycles. The predicted octanol–water partition coefficient (Wildman–Crippen LogP) is -0.362. The van der Waals surface area contributed by atoms with Gasteiger partial charge in [-0.05, 0) is 50.1 Å². The number of hydrogen-bond acceptors (Lipinski definition) is 6. The highest BCUT2D eigenvalue weighted by molar-refractivity contribution is 7.89. The first kappa shape index (κ1) is 25.3. The standard InChI is InChI=1S/C23H29N3O5S.ClH/c1-18-4-6-19(7-5-18)31-17-23(27)24-21-16-20(8-9-22(21)25-10-2-3-11-25)32(28,29)26-12-14-30-15-13-26;/h4-9,16H,2-3,10-15,17H2,1H3,(H,24,27);1H/p-1. The van der Waals surface area contributed by atoms with Crippen molar-refractivity contribution < 1.29 is 35.1 Å². The number of morpholine rings is 1. The van der Waals surface area contributed by atoms with E-state index in [1.54, 1.807) is 18.2 Å². The van der Waals surface area contributed by atoms with E-state index < -0.39 is 10.0 Å². The summed E-state index contributed by atoms with van der Waals surface area (Å²) in [5.74, 6) is 0.265. The molecular formula is C23H29ClN3O5S-. The molecule has 0 aromatic heterocycles. The van der Waals surface area contributed by atoms with E-state index in [-0.39, 0.29) is 29.8 Å². The van der Waals surface area contributed by atoms with E-state index in [9.17, 15) is 13.2 Å². The van der Waals surface area contributed by atoms with Crippen LogP contribution in [0.5, 0.6) is 5.75 Å². The van der Waals surface area contributed by atoms with Gasteiger partial charge in [0.25, 0.3) is 5.91 Å². The van der Waals surface area contributed by atoms with Gasteiger partial charge in [0.1, 0.15) is 5.75 Å². The molecule has 4 rings (SSSR count). The highest BCUT2D eigenvalue weighted by atomic mass is 35.5. The number of amides is 1. The molecule has 1 amide bonds. The van der Waals surface area contributed by atoms with E-state index in [2.05, 4.69) is 10.2 Å². The van der Waals surface area contributed by atoms with Gasteiger partial charge in [-0.15, -0.1) is 0 Å². The lowest BCUT2D eigenvalue weighted by Gasteiger charge is -2.27. The number of carbonyl (C=O) groups excluding carboxylic acids is 1. The second kappa shape index (κ2) is 11.2. The lowest BCUT2D eigenvalue weighted by molar-refractivity contribution is -0.118. The molecule has 2 fully saturated rings. The van der Waals surface area contributed by atoms with Crippen LogP contribution in [0, 0.1) is 6.92 Å². The molecule has 10 heteroatoms. The summed E-state index contributed by atoms with van der Waals surface area (Å²) in [4.78, 5) is 15.0. The van der Waals surface area contributed by atoms with Gasteiger partial charge in [-0.3, -0.25) is 4.79 Å². The minimum Gasteiger partial charge on any atom is -1.00 e. The van der Waals surface area contributed by atoms with Crippen LogP contribution in [0.25, 0.3) is 0 Å². The molecule has 0 unspecified atom stereocenters. The topological polar surface area (TPSA) is 88.2 Å². The lowest BCUT2D eigenvalue weighted by atomic mass is 10.2. The van der Waals surface area contributed by atoms with Crippen LogP contribution in [0.2, 0.25) is 0 Å². The average Bonchev–Trinajstić information content (AvgIpc) is 3.34. The second-order valence-corrected chi connectivity index (χ2v) is 9.98. The fourth-order valence-electron chi connectivity index (χ4n) is 3.92. The SMILES string of the molecule is Cc1ccc(OCC(=O)Nc2cc(S(=O)(=O)N3CCOCC3)ccc2N2CCCC2)cc1.[Cl-]. The van der Waals surface area contributed by atoms with E-state index in [0.717, 1.165) is 37.2 Å². The minimum atomic E-state index is -3.67. The summed E-state index contributed by atoms with van der Waals surface area (Å²) < 4.78 is 38.5. The largest absolute Gasteiger partial charge is 1.00 e. The Balaban J connectivity index is 0.00000306. The van der Waals surface area contributed by atoms with Crippen molar-refractivity contribution in [1.82, 2.24) is 4.31 Å². The average molecular weight is 495 g/mol. The number of aryl methyl sites for hydroxylation is 1. The summed E-state index contributed by atoms with van der Waals surface area (Å²) >= 11 is 0. The summed E-state index contributed by atoms with van der Waals surface area (Å²) in [6.45, 7) is 4.97. The van der Waals surface area contributed by atoms with Crippen molar-refractivity contribution >= 4 is 27.3 Å². The van der Waals surface area contributed by atoms with Crippen molar-refractivity contribution in [1.29, 1.82) is 0 Å². The maximum Gasteiger partial charge on any atom is 0.262 e. The zero-order valence-corrected chi connectivity index (χ0v) is 20.2. The van der Waals surface area contributed by atoms with Crippen molar-refractivity contribution in [3.63, 3.8) is 0 Å². The first-order valence-corrected chi connectivity index (χ1v) is 12.3. The van der Waals surface area contributed by atoms with Crippen molar-refractivity contribution in [3.8, 4) is 5.75 Å². The molecule has 0 spiro atoms. The van der Waals surface area contributed by atoms with Gasteiger partial charge in [0, 0.05) is 26.2 Å². The van der Waals surface area contributed by atoms with Gasteiger partial charge in [-0.2, -0.15) is 4.31 Å². The minimum absolute atomic E-state index is 0. The van der Waals surface area contributed by atoms with E-state index in [0.29, 0.717) is 37.7 Å². The zero-order valence-electron chi connectivity index (χ0n) is 18.6. The number of anilines is 2. The van der Waals surface area contributed by atoms with Gasteiger partial charge in [0.2, 0.25) is 10.0 Å². The van der Waals surface area contributed by atoms with E-state index in [1.165, 1.54) is 4.31 Å². The molecule has 180 valence electrons. The molecular weight excluding hydrogens is 466 g/mol. The second-order valence-electron chi connectivity index (χ2n) is 8.04. The molecule has 2 aromatic carbocycles.